The lowest BCUT2D eigenvalue weighted by Gasteiger charge is -2.03. The van der Waals surface area contributed by atoms with Crippen molar-refractivity contribution in [2.75, 3.05) is 0 Å². The number of nitrogens with one attached hydrogen (secondary N) is 1. The molecule has 6 heteroatoms. The summed E-state index contributed by atoms with van der Waals surface area (Å²) in [5.74, 6) is 1.20. The van der Waals surface area contributed by atoms with E-state index in [2.05, 4.69) is 27.0 Å². The number of aromatic amines is 1. The fraction of sp³-hybridized carbons (Fsp3) is 0.500. The normalized spacial score (nSPS) is 12.9. The van der Waals surface area contributed by atoms with Crippen LogP contribution in [-0.2, 0) is 12.8 Å². The standard InChI is InChI=1S/C10H15N5O/c1-2-3-9-14-10(16-15-9)8(11)4-7-5-12-6-13-7/h5-6,8H,2-4,11H2,1H3,(H,12,13)/t8-/m1/s1. The Bertz CT molecular complexity index is 422. The van der Waals surface area contributed by atoms with E-state index < -0.39 is 0 Å². The molecule has 0 fully saturated rings. The van der Waals surface area contributed by atoms with Crippen LogP contribution in [0.5, 0.6) is 0 Å². The van der Waals surface area contributed by atoms with Gasteiger partial charge in [-0.15, -0.1) is 0 Å². The highest BCUT2D eigenvalue weighted by atomic mass is 16.5. The van der Waals surface area contributed by atoms with Gasteiger partial charge >= 0.3 is 0 Å². The van der Waals surface area contributed by atoms with Gasteiger partial charge in [-0.05, 0) is 6.42 Å². The molecule has 0 amide bonds. The van der Waals surface area contributed by atoms with Gasteiger partial charge in [0.1, 0.15) is 0 Å². The molecule has 1 atom stereocenters. The van der Waals surface area contributed by atoms with Gasteiger partial charge < -0.3 is 15.2 Å². The first-order valence-electron chi connectivity index (χ1n) is 5.35. The fourth-order valence-corrected chi connectivity index (χ4v) is 1.46. The van der Waals surface area contributed by atoms with Gasteiger partial charge in [0, 0.05) is 24.7 Å². The molecule has 2 heterocycles. The fourth-order valence-electron chi connectivity index (χ4n) is 1.46. The molecular formula is C10H15N5O. The quantitative estimate of drug-likeness (QED) is 0.785. The van der Waals surface area contributed by atoms with E-state index in [0.717, 1.165) is 24.4 Å². The summed E-state index contributed by atoms with van der Waals surface area (Å²) in [6.07, 6.45) is 5.80. The molecule has 0 unspecified atom stereocenters. The number of nitrogens with two attached hydrogens (primary N) is 1. The van der Waals surface area contributed by atoms with Crippen LogP contribution in [-0.4, -0.2) is 20.1 Å². The summed E-state index contributed by atoms with van der Waals surface area (Å²) in [7, 11) is 0. The predicted molar refractivity (Wildman–Crippen MR) is 57.5 cm³/mol. The molecule has 0 aromatic carbocycles. The van der Waals surface area contributed by atoms with Crippen LogP contribution >= 0.6 is 0 Å². The molecule has 16 heavy (non-hydrogen) atoms. The van der Waals surface area contributed by atoms with Crippen molar-refractivity contribution in [3.05, 3.63) is 29.9 Å². The predicted octanol–water partition coefficient (Wildman–Crippen LogP) is 0.988. The maximum atomic E-state index is 5.95. The number of hydrogen-bond donors (Lipinski definition) is 2. The van der Waals surface area contributed by atoms with E-state index in [4.69, 9.17) is 10.3 Å². The van der Waals surface area contributed by atoms with Crippen LogP contribution in [0.2, 0.25) is 0 Å². The van der Waals surface area contributed by atoms with Gasteiger partial charge in [-0.25, -0.2) is 4.98 Å². The molecule has 2 aromatic heterocycles. The number of imidazole rings is 1. The molecule has 0 aliphatic heterocycles. The largest absolute Gasteiger partial charge is 0.348 e. The molecule has 0 aliphatic rings. The smallest absolute Gasteiger partial charge is 0.243 e. The molecule has 0 bridgehead atoms. The third-order valence-corrected chi connectivity index (χ3v) is 2.27. The first kappa shape index (κ1) is 10.8. The van der Waals surface area contributed by atoms with Crippen LogP contribution < -0.4 is 5.73 Å². The van der Waals surface area contributed by atoms with E-state index in [0.29, 0.717) is 12.3 Å². The zero-order valence-electron chi connectivity index (χ0n) is 9.18. The van der Waals surface area contributed by atoms with E-state index in [1.165, 1.54) is 0 Å². The summed E-state index contributed by atoms with van der Waals surface area (Å²) in [6.45, 7) is 2.07. The highest BCUT2D eigenvalue weighted by Crippen LogP contribution is 2.12. The van der Waals surface area contributed by atoms with E-state index >= 15 is 0 Å². The Morgan fingerprint density at radius 2 is 2.44 bits per heavy atom. The summed E-state index contributed by atoms with van der Waals surface area (Å²) >= 11 is 0. The van der Waals surface area contributed by atoms with Gasteiger partial charge in [0.05, 0.1) is 12.4 Å². The molecule has 0 saturated carbocycles. The maximum Gasteiger partial charge on any atom is 0.243 e. The van der Waals surface area contributed by atoms with Crippen LogP contribution in [0.4, 0.5) is 0 Å². The Labute approximate surface area is 93.3 Å². The van der Waals surface area contributed by atoms with Crippen LogP contribution in [0.15, 0.2) is 17.0 Å². The van der Waals surface area contributed by atoms with Gasteiger partial charge in [0.25, 0.3) is 0 Å². The Balaban J connectivity index is 2.00. The minimum Gasteiger partial charge on any atom is -0.348 e. The van der Waals surface area contributed by atoms with Crippen molar-refractivity contribution in [3.63, 3.8) is 0 Å². The summed E-state index contributed by atoms with van der Waals surface area (Å²) in [5, 5.41) is 3.86. The lowest BCUT2D eigenvalue weighted by atomic mass is 10.2. The second-order valence-electron chi connectivity index (χ2n) is 3.69. The lowest BCUT2D eigenvalue weighted by molar-refractivity contribution is 0.349. The van der Waals surface area contributed by atoms with Crippen molar-refractivity contribution in [2.45, 2.75) is 32.2 Å². The molecule has 2 aromatic rings. The topological polar surface area (TPSA) is 93.6 Å². The second-order valence-corrected chi connectivity index (χ2v) is 3.69. The Morgan fingerprint density at radius 1 is 1.56 bits per heavy atom. The number of aryl methyl sites for hydroxylation is 1. The minimum absolute atomic E-state index is 0.279. The summed E-state index contributed by atoms with van der Waals surface area (Å²) < 4.78 is 5.11. The Hall–Kier alpha value is -1.69. The van der Waals surface area contributed by atoms with Gasteiger partial charge in [-0.3, -0.25) is 0 Å². The molecule has 0 saturated heterocycles. The highest BCUT2D eigenvalue weighted by Gasteiger charge is 2.15. The highest BCUT2D eigenvalue weighted by molar-refractivity contribution is 5.02. The van der Waals surface area contributed by atoms with Crippen molar-refractivity contribution in [1.82, 2.24) is 20.1 Å². The van der Waals surface area contributed by atoms with Crippen molar-refractivity contribution in [1.29, 1.82) is 0 Å². The molecule has 86 valence electrons. The van der Waals surface area contributed by atoms with Crippen molar-refractivity contribution >= 4 is 0 Å². The summed E-state index contributed by atoms with van der Waals surface area (Å²) in [6, 6.07) is -0.279. The first-order valence-corrected chi connectivity index (χ1v) is 5.35. The second kappa shape index (κ2) is 4.89. The van der Waals surface area contributed by atoms with E-state index in [-0.39, 0.29) is 6.04 Å². The Kier molecular flexibility index (Phi) is 3.31. The van der Waals surface area contributed by atoms with Crippen molar-refractivity contribution < 1.29 is 4.52 Å². The molecule has 0 aliphatic carbocycles. The molecule has 6 nitrogen and oxygen atoms in total. The van der Waals surface area contributed by atoms with Crippen molar-refractivity contribution in [3.8, 4) is 0 Å². The number of hydrogen-bond acceptors (Lipinski definition) is 5. The number of nitrogens with zero attached hydrogens (tertiary/aromatic N) is 3. The third kappa shape index (κ3) is 2.46. The van der Waals surface area contributed by atoms with Gasteiger partial charge in [-0.1, -0.05) is 12.1 Å². The van der Waals surface area contributed by atoms with Crippen LogP contribution in [0.3, 0.4) is 0 Å². The van der Waals surface area contributed by atoms with Crippen LogP contribution in [0.1, 0.15) is 36.8 Å². The molecule has 0 spiro atoms. The zero-order chi connectivity index (χ0) is 11.4. The van der Waals surface area contributed by atoms with Crippen molar-refractivity contribution in [2.24, 2.45) is 5.73 Å². The van der Waals surface area contributed by atoms with Crippen LogP contribution in [0, 0.1) is 0 Å². The molecule has 2 rings (SSSR count). The molecule has 0 radical (unpaired) electrons. The molecule has 3 N–H and O–H groups in total. The lowest BCUT2D eigenvalue weighted by Crippen LogP contribution is -2.14. The van der Waals surface area contributed by atoms with E-state index in [1.54, 1.807) is 12.5 Å². The van der Waals surface area contributed by atoms with Gasteiger partial charge in [-0.2, -0.15) is 4.98 Å². The summed E-state index contributed by atoms with van der Waals surface area (Å²) in [4.78, 5) is 11.2. The Morgan fingerprint density at radius 3 is 3.12 bits per heavy atom. The monoisotopic (exact) mass is 221 g/mol. The van der Waals surface area contributed by atoms with E-state index in [9.17, 15) is 0 Å². The summed E-state index contributed by atoms with van der Waals surface area (Å²) in [5.41, 5.74) is 6.91. The maximum absolute atomic E-state index is 5.95. The number of aromatic nitrogens is 4. The van der Waals surface area contributed by atoms with Crippen LogP contribution in [0.25, 0.3) is 0 Å². The third-order valence-electron chi connectivity index (χ3n) is 2.27. The SMILES string of the molecule is CCCc1noc([C@H](N)Cc2cnc[nH]2)n1. The van der Waals surface area contributed by atoms with Gasteiger partial charge in [0.15, 0.2) is 5.82 Å². The van der Waals surface area contributed by atoms with Gasteiger partial charge in [0.2, 0.25) is 5.89 Å². The number of H-pyrrole nitrogens is 1. The minimum atomic E-state index is -0.279. The average molecular weight is 221 g/mol. The molecular weight excluding hydrogens is 206 g/mol. The van der Waals surface area contributed by atoms with E-state index in [1.807, 2.05) is 0 Å². The first-order chi connectivity index (χ1) is 7.79. The zero-order valence-corrected chi connectivity index (χ0v) is 9.18. The average Bonchev–Trinajstić information content (AvgIpc) is 2.89. The number of rotatable bonds is 5.